The minimum atomic E-state index is -4.44. The van der Waals surface area contributed by atoms with E-state index >= 15 is 0 Å². The predicted octanol–water partition coefficient (Wildman–Crippen LogP) is 5.96. The molecule has 1 saturated carbocycles. The van der Waals surface area contributed by atoms with Crippen LogP contribution in [0.1, 0.15) is 61.6 Å². The van der Waals surface area contributed by atoms with Crippen molar-refractivity contribution in [2.75, 3.05) is 6.61 Å². The number of fused-ring (bicyclic) bond motifs is 1. The molecule has 158 valence electrons. The molecule has 1 aromatic rings. The first-order valence-corrected chi connectivity index (χ1v) is 11.3. The Kier molecular flexibility index (Phi) is 5.30. The lowest BCUT2D eigenvalue weighted by atomic mass is 9.74. The van der Waals surface area contributed by atoms with Crippen LogP contribution in [0.3, 0.4) is 0 Å². The molecular formula is C22H25F3O3S. The topological polar surface area (TPSA) is 35.5 Å². The lowest BCUT2D eigenvalue weighted by molar-refractivity contribution is -0.141. The van der Waals surface area contributed by atoms with Gasteiger partial charge in [-0.3, -0.25) is 4.79 Å². The van der Waals surface area contributed by atoms with Crippen molar-refractivity contribution in [1.29, 1.82) is 0 Å². The van der Waals surface area contributed by atoms with Gasteiger partial charge in [-0.2, -0.15) is 13.2 Å². The lowest BCUT2D eigenvalue weighted by Crippen LogP contribution is -2.27. The minimum Gasteiger partial charge on any atom is -0.465 e. The maximum Gasteiger partial charge on any atom is 0.470 e. The van der Waals surface area contributed by atoms with Crippen LogP contribution in [0, 0.1) is 11.3 Å². The number of hydrogen-bond acceptors (Lipinski definition) is 3. The summed E-state index contributed by atoms with van der Waals surface area (Å²) in [5.74, 6) is 3.76. The van der Waals surface area contributed by atoms with Gasteiger partial charge >= 0.3 is 11.5 Å². The first-order chi connectivity index (χ1) is 13.7. The van der Waals surface area contributed by atoms with E-state index in [0.29, 0.717) is 31.1 Å². The van der Waals surface area contributed by atoms with Crippen LogP contribution >= 0.6 is 10.8 Å². The van der Waals surface area contributed by atoms with E-state index in [1.807, 2.05) is 13.0 Å². The van der Waals surface area contributed by atoms with Crippen LogP contribution < -0.4 is 0 Å². The molecule has 1 heterocycles. The SMILES string of the molecule is C=S(OC1=Cc2ccc([C@H]3CC[C@]4(COC(=O)C4CC)C3)cc2CC1)C(F)(F)F. The third kappa shape index (κ3) is 3.86. The average Bonchev–Trinajstić information content (AvgIpc) is 3.24. The number of carbonyl (C=O) groups is 1. The zero-order chi connectivity index (χ0) is 20.8. The van der Waals surface area contributed by atoms with Gasteiger partial charge in [0.25, 0.3) is 0 Å². The molecule has 0 radical (unpaired) electrons. The maximum absolute atomic E-state index is 12.7. The van der Waals surface area contributed by atoms with Crippen LogP contribution in [-0.2, 0) is 20.1 Å². The van der Waals surface area contributed by atoms with Crippen molar-refractivity contribution in [3.8, 4) is 0 Å². The Hall–Kier alpha value is -1.76. The molecule has 3 aliphatic rings. The van der Waals surface area contributed by atoms with Crippen LogP contribution in [0.25, 0.3) is 6.08 Å². The van der Waals surface area contributed by atoms with Gasteiger partial charge in [0.05, 0.1) is 23.3 Å². The normalized spacial score (nSPS) is 30.1. The maximum atomic E-state index is 12.7. The van der Waals surface area contributed by atoms with E-state index in [2.05, 4.69) is 18.0 Å². The van der Waals surface area contributed by atoms with E-state index in [9.17, 15) is 18.0 Å². The number of alkyl halides is 3. The summed E-state index contributed by atoms with van der Waals surface area (Å²) in [5, 5.41) is 0. The summed E-state index contributed by atoms with van der Waals surface area (Å²) in [4.78, 5) is 12.1. The molecule has 0 bridgehead atoms. The van der Waals surface area contributed by atoms with E-state index in [0.717, 1.165) is 36.8 Å². The number of rotatable bonds is 4. The Morgan fingerprint density at radius 2 is 2.14 bits per heavy atom. The van der Waals surface area contributed by atoms with Gasteiger partial charge in [-0.25, -0.2) is 0 Å². The fraction of sp³-hybridized carbons (Fsp3) is 0.545. The van der Waals surface area contributed by atoms with E-state index in [1.54, 1.807) is 6.08 Å². The molecule has 29 heavy (non-hydrogen) atoms. The highest BCUT2D eigenvalue weighted by Crippen LogP contribution is 2.55. The standard InChI is InChI=1S/C22H25F3O3S/c1-3-19-20(26)27-13-21(19)9-8-17(12-21)15-4-5-16-11-18(7-6-14(16)10-15)28-29(2)22(23,24)25/h4-5,10-11,17,19H,2-3,6-9,12-13H2,1H3/t17-,19?,21+,29?/m0/s1. The second kappa shape index (κ2) is 7.49. The van der Waals surface area contributed by atoms with E-state index < -0.39 is 16.3 Å². The molecule has 3 nitrogen and oxygen atoms in total. The average molecular weight is 427 g/mol. The Bertz CT molecular complexity index is 877. The summed E-state index contributed by atoms with van der Waals surface area (Å²) < 4.78 is 48.5. The van der Waals surface area contributed by atoms with Crippen LogP contribution in [0.2, 0.25) is 0 Å². The highest BCUT2D eigenvalue weighted by atomic mass is 32.2. The number of esters is 1. The molecule has 1 spiro atoms. The van der Waals surface area contributed by atoms with Crippen molar-refractivity contribution in [2.45, 2.75) is 56.9 Å². The number of cyclic esters (lactones) is 1. The van der Waals surface area contributed by atoms with Gasteiger partial charge in [0, 0.05) is 11.8 Å². The molecular weight excluding hydrogens is 401 g/mol. The molecule has 0 amide bonds. The zero-order valence-electron chi connectivity index (χ0n) is 16.4. The molecule has 0 aromatic heterocycles. The van der Waals surface area contributed by atoms with Gasteiger partial charge in [0.15, 0.2) is 0 Å². The first kappa shape index (κ1) is 20.5. The van der Waals surface area contributed by atoms with Crippen molar-refractivity contribution in [3.05, 3.63) is 40.6 Å². The molecule has 1 aliphatic heterocycles. The quantitative estimate of drug-likeness (QED) is 0.440. The third-order valence-corrected chi connectivity index (χ3v) is 7.57. The molecule has 7 heteroatoms. The van der Waals surface area contributed by atoms with Gasteiger partial charge in [0.2, 0.25) is 0 Å². The summed E-state index contributed by atoms with van der Waals surface area (Å²) in [7, 11) is -2.34. The van der Waals surface area contributed by atoms with Gasteiger partial charge in [0.1, 0.15) is 5.76 Å². The largest absolute Gasteiger partial charge is 0.470 e. The van der Waals surface area contributed by atoms with Crippen molar-refractivity contribution in [2.24, 2.45) is 11.3 Å². The Morgan fingerprint density at radius 1 is 1.34 bits per heavy atom. The van der Waals surface area contributed by atoms with E-state index in [1.165, 1.54) is 5.56 Å². The highest BCUT2D eigenvalue weighted by molar-refractivity contribution is 8.10. The number of aryl methyl sites for hydroxylation is 1. The van der Waals surface area contributed by atoms with E-state index in [-0.39, 0.29) is 17.3 Å². The Labute approximate surface area is 171 Å². The molecule has 4 rings (SSSR count). The Balaban J connectivity index is 1.49. The zero-order valence-corrected chi connectivity index (χ0v) is 17.2. The molecule has 0 N–H and O–H groups in total. The summed E-state index contributed by atoms with van der Waals surface area (Å²) in [5.41, 5.74) is -1.18. The highest BCUT2D eigenvalue weighted by Gasteiger charge is 2.53. The van der Waals surface area contributed by atoms with Crippen molar-refractivity contribution >= 4 is 28.7 Å². The van der Waals surface area contributed by atoms with Crippen molar-refractivity contribution in [1.82, 2.24) is 0 Å². The number of allylic oxidation sites excluding steroid dienone is 1. The fourth-order valence-corrected chi connectivity index (χ4v) is 5.62. The molecule has 1 aromatic carbocycles. The van der Waals surface area contributed by atoms with Crippen molar-refractivity contribution < 1.29 is 26.9 Å². The van der Waals surface area contributed by atoms with Gasteiger partial charge in [-0.15, -0.1) is 0 Å². The van der Waals surface area contributed by atoms with Crippen LogP contribution in [0.4, 0.5) is 13.2 Å². The number of benzene rings is 1. The smallest absolute Gasteiger partial charge is 0.465 e. The monoisotopic (exact) mass is 426 g/mol. The summed E-state index contributed by atoms with van der Waals surface area (Å²) in [6, 6.07) is 6.22. The Morgan fingerprint density at radius 3 is 2.86 bits per heavy atom. The third-order valence-electron chi connectivity index (χ3n) is 6.64. The molecule has 2 unspecified atom stereocenters. The minimum absolute atomic E-state index is 0.00201. The molecule has 4 atom stereocenters. The van der Waals surface area contributed by atoms with Crippen LogP contribution in [0.5, 0.6) is 0 Å². The summed E-state index contributed by atoms with van der Waals surface area (Å²) in [6.45, 7) is 2.58. The molecule has 2 fully saturated rings. The van der Waals surface area contributed by atoms with Gasteiger partial charge < -0.3 is 8.92 Å². The number of carbonyl (C=O) groups excluding carboxylic acids is 1. The number of halogens is 3. The van der Waals surface area contributed by atoms with Crippen LogP contribution in [0.15, 0.2) is 24.0 Å². The number of ether oxygens (including phenoxy) is 1. The van der Waals surface area contributed by atoms with Gasteiger partial charge in [-0.1, -0.05) is 25.1 Å². The summed E-state index contributed by atoms with van der Waals surface area (Å²) in [6.07, 6.45) is 6.60. The first-order valence-electron chi connectivity index (χ1n) is 10.0. The predicted molar refractivity (Wildman–Crippen MR) is 108 cm³/mol. The van der Waals surface area contributed by atoms with Gasteiger partial charge in [-0.05, 0) is 66.7 Å². The fourth-order valence-electron chi connectivity index (χ4n) is 5.14. The van der Waals surface area contributed by atoms with Crippen LogP contribution in [-0.4, -0.2) is 24.0 Å². The molecule has 1 saturated heterocycles. The lowest BCUT2D eigenvalue weighted by Gasteiger charge is -2.26. The summed E-state index contributed by atoms with van der Waals surface area (Å²) >= 11 is 0. The van der Waals surface area contributed by atoms with E-state index in [4.69, 9.17) is 8.92 Å². The second-order valence-corrected chi connectivity index (χ2v) is 9.63. The molecule has 2 aliphatic carbocycles. The number of hydrogen-bond donors (Lipinski definition) is 0. The second-order valence-electron chi connectivity index (χ2n) is 8.31. The van der Waals surface area contributed by atoms with Crippen molar-refractivity contribution in [3.63, 3.8) is 0 Å².